The third kappa shape index (κ3) is 4.90. The second-order valence-electron chi connectivity index (χ2n) is 8.60. The van der Waals surface area contributed by atoms with E-state index in [0.29, 0.717) is 37.6 Å². The zero-order chi connectivity index (χ0) is 21.9. The van der Waals surface area contributed by atoms with Crippen LogP contribution in [0.2, 0.25) is 0 Å². The summed E-state index contributed by atoms with van der Waals surface area (Å²) >= 11 is 0. The standard InChI is InChI=1S/C23H29N3O4/c1-17(30-19-9-7-8-18(16-19)23(2,3)4)22(27)25-14-12-24(13-15-25)20-10-5-6-11-21(20)26(28)29/h5-11,16-17H,12-15H2,1-4H3. The van der Waals surface area contributed by atoms with Crippen LogP contribution < -0.4 is 9.64 Å². The van der Waals surface area contributed by atoms with Gasteiger partial charge in [0.05, 0.1) is 4.92 Å². The Hall–Kier alpha value is -3.09. The molecule has 30 heavy (non-hydrogen) atoms. The predicted octanol–water partition coefficient (Wildman–Crippen LogP) is 4.01. The molecule has 1 fully saturated rings. The summed E-state index contributed by atoms with van der Waals surface area (Å²) in [4.78, 5) is 27.5. The van der Waals surface area contributed by atoms with Crippen molar-refractivity contribution in [2.24, 2.45) is 0 Å². The Morgan fingerprint density at radius 1 is 1.07 bits per heavy atom. The molecule has 1 aliphatic rings. The largest absolute Gasteiger partial charge is 0.481 e. The van der Waals surface area contributed by atoms with Gasteiger partial charge in [0.15, 0.2) is 6.10 Å². The lowest BCUT2D eigenvalue weighted by atomic mass is 9.87. The normalized spacial score (nSPS) is 15.6. The SMILES string of the molecule is CC(Oc1cccc(C(C)(C)C)c1)C(=O)N1CCN(c2ccccc2[N+](=O)[O-])CC1. The predicted molar refractivity (Wildman–Crippen MR) is 117 cm³/mol. The Morgan fingerprint density at radius 3 is 2.37 bits per heavy atom. The highest BCUT2D eigenvalue weighted by Crippen LogP contribution is 2.29. The molecule has 0 radical (unpaired) electrons. The smallest absolute Gasteiger partial charge is 0.292 e. The number of para-hydroxylation sites is 2. The van der Waals surface area contributed by atoms with Crippen molar-refractivity contribution in [1.29, 1.82) is 0 Å². The Balaban J connectivity index is 1.61. The molecular formula is C23H29N3O4. The van der Waals surface area contributed by atoms with Crippen LogP contribution in [-0.4, -0.2) is 48.0 Å². The fourth-order valence-electron chi connectivity index (χ4n) is 3.60. The van der Waals surface area contributed by atoms with Gasteiger partial charge in [-0.15, -0.1) is 0 Å². The van der Waals surface area contributed by atoms with Gasteiger partial charge in [0.25, 0.3) is 11.6 Å². The summed E-state index contributed by atoms with van der Waals surface area (Å²) in [5.41, 5.74) is 1.84. The number of piperazine rings is 1. The fraction of sp³-hybridized carbons (Fsp3) is 0.435. The van der Waals surface area contributed by atoms with Gasteiger partial charge in [0.1, 0.15) is 11.4 Å². The monoisotopic (exact) mass is 411 g/mol. The molecule has 1 amide bonds. The zero-order valence-electron chi connectivity index (χ0n) is 18.0. The second-order valence-corrected chi connectivity index (χ2v) is 8.60. The minimum atomic E-state index is -0.599. The number of hydrogen-bond acceptors (Lipinski definition) is 5. The Morgan fingerprint density at radius 2 is 1.73 bits per heavy atom. The van der Waals surface area contributed by atoms with Gasteiger partial charge in [-0.25, -0.2) is 0 Å². The molecule has 0 spiro atoms. The number of hydrogen-bond donors (Lipinski definition) is 0. The average Bonchev–Trinajstić information content (AvgIpc) is 2.73. The van der Waals surface area contributed by atoms with Crippen LogP contribution in [0.3, 0.4) is 0 Å². The van der Waals surface area contributed by atoms with Crippen LogP contribution in [0.15, 0.2) is 48.5 Å². The molecule has 1 heterocycles. The van der Waals surface area contributed by atoms with Crippen LogP contribution in [0.4, 0.5) is 11.4 Å². The lowest BCUT2D eigenvalue weighted by molar-refractivity contribution is -0.384. The van der Waals surface area contributed by atoms with Crippen LogP contribution in [0.5, 0.6) is 5.75 Å². The van der Waals surface area contributed by atoms with Gasteiger partial charge in [-0.3, -0.25) is 14.9 Å². The van der Waals surface area contributed by atoms with Crippen molar-refractivity contribution in [2.75, 3.05) is 31.1 Å². The second kappa shape index (κ2) is 8.73. The van der Waals surface area contributed by atoms with Gasteiger partial charge in [-0.05, 0) is 36.1 Å². The van der Waals surface area contributed by atoms with Gasteiger partial charge in [-0.1, -0.05) is 45.0 Å². The minimum absolute atomic E-state index is 0.00297. The van der Waals surface area contributed by atoms with E-state index >= 15 is 0 Å². The van der Waals surface area contributed by atoms with E-state index in [4.69, 9.17) is 4.74 Å². The molecule has 2 aromatic rings. The van der Waals surface area contributed by atoms with E-state index in [1.807, 2.05) is 23.1 Å². The number of carbonyl (C=O) groups is 1. The quantitative estimate of drug-likeness (QED) is 0.549. The maximum atomic E-state index is 12.9. The Bertz CT molecular complexity index is 915. The number of anilines is 1. The number of rotatable bonds is 5. The van der Waals surface area contributed by atoms with Gasteiger partial charge in [0.2, 0.25) is 0 Å². The molecule has 3 rings (SSSR count). The molecule has 7 nitrogen and oxygen atoms in total. The van der Waals surface area contributed by atoms with Crippen LogP contribution in [0.25, 0.3) is 0 Å². The van der Waals surface area contributed by atoms with E-state index in [1.165, 1.54) is 6.07 Å². The van der Waals surface area contributed by atoms with Crippen LogP contribution in [0.1, 0.15) is 33.3 Å². The van der Waals surface area contributed by atoms with E-state index in [-0.39, 0.29) is 21.9 Å². The first-order valence-electron chi connectivity index (χ1n) is 10.2. The maximum absolute atomic E-state index is 12.9. The number of nitro groups is 1. The molecule has 2 aromatic carbocycles. The summed E-state index contributed by atoms with van der Waals surface area (Å²) in [5.74, 6) is 0.611. The molecule has 0 bridgehead atoms. The average molecular weight is 412 g/mol. The molecule has 1 atom stereocenters. The summed E-state index contributed by atoms with van der Waals surface area (Å²) in [6, 6.07) is 14.6. The van der Waals surface area contributed by atoms with Crippen molar-refractivity contribution in [2.45, 2.75) is 39.2 Å². The summed E-state index contributed by atoms with van der Waals surface area (Å²) in [6.07, 6.45) is -0.599. The van der Waals surface area contributed by atoms with Crippen molar-refractivity contribution in [3.63, 3.8) is 0 Å². The van der Waals surface area contributed by atoms with Gasteiger partial charge >= 0.3 is 0 Å². The van der Waals surface area contributed by atoms with Crippen molar-refractivity contribution in [1.82, 2.24) is 4.90 Å². The summed E-state index contributed by atoms with van der Waals surface area (Å²) < 4.78 is 5.93. The van der Waals surface area contributed by atoms with Gasteiger partial charge in [0, 0.05) is 32.2 Å². The Kier molecular flexibility index (Phi) is 6.29. The summed E-state index contributed by atoms with van der Waals surface area (Å²) in [6.45, 7) is 10.3. The van der Waals surface area contributed by atoms with Crippen molar-refractivity contribution < 1.29 is 14.5 Å². The van der Waals surface area contributed by atoms with Gasteiger partial charge < -0.3 is 14.5 Å². The fourth-order valence-corrected chi connectivity index (χ4v) is 3.60. The number of nitrogens with zero attached hydrogens (tertiary/aromatic N) is 3. The molecule has 0 saturated carbocycles. The van der Waals surface area contributed by atoms with E-state index in [9.17, 15) is 14.9 Å². The van der Waals surface area contributed by atoms with Crippen LogP contribution in [-0.2, 0) is 10.2 Å². The first kappa shape index (κ1) is 21.6. The maximum Gasteiger partial charge on any atom is 0.292 e. The summed E-state index contributed by atoms with van der Waals surface area (Å²) in [7, 11) is 0. The first-order chi connectivity index (χ1) is 14.2. The van der Waals surface area contributed by atoms with E-state index in [0.717, 1.165) is 5.56 Å². The number of carbonyl (C=O) groups excluding carboxylic acids is 1. The number of nitro benzene ring substituents is 1. The minimum Gasteiger partial charge on any atom is -0.481 e. The van der Waals surface area contributed by atoms with Crippen LogP contribution in [0, 0.1) is 10.1 Å². The topological polar surface area (TPSA) is 75.9 Å². The van der Waals surface area contributed by atoms with Crippen molar-refractivity contribution in [3.05, 3.63) is 64.2 Å². The summed E-state index contributed by atoms with van der Waals surface area (Å²) in [5, 5.41) is 11.3. The lowest BCUT2D eigenvalue weighted by Crippen LogP contribution is -2.52. The highest BCUT2D eigenvalue weighted by molar-refractivity contribution is 5.81. The molecule has 0 aliphatic carbocycles. The third-order valence-electron chi connectivity index (χ3n) is 5.37. The number of ether oxygens (including phenoxy) is 1. The van der Waals surface area contributed by atoms with Crippen molar-refractivity contribution in [3.8, 4) is 5.75 Å². The van der Waals surface area contributed by atoms with E-state index in [1.54, 1.807) is 30.0 Å². The highest BCUT2D eigenvalue weighted by Gasteiger charge is 2.28. The molecule has 1 unspecified atom stereocenters. The molecule has 0 aromatic heterocycles. The number of benzene rings is 2. The Labute approximate surface area is 177 Å². The van der Waals surface area contributed by atoms with E-state index in [2.05, 4.69) is 26.8 Å². The third-order valence-corrected chi connectivity index (χ3v) is 5.37. The van der Waals surface area contributed by atoms with Crippen molar-refractivity contribution >= 4 is 17.3 Å². The van der Waals surface area contributed by atoms with Gasteiger partial charge in [-0.2, -0.15) is 0 Å². The highest BCUT2D eigenvalue weighted by atomic mass is 16.6. The molecule has 7 heteroatoms. The zero-order valence-corrected chi connectivity index (χ0v) is 18.0. The lowest BCUT2D eigenvalue weighted by Gasteiger charge is -2.36. The number of amides is 1. The molecule has 1 aliphatic heterocycles. The molecule has 0 N–H and O–H groups in total. The molecular weight excluding hydrogens is 382 g/mol. The molecule has 1 saturated heterocycles. The first-order valence-corrected chi connectivity index (χ1v) is 10.2. The van der Waals surface area contributed by atoms with Crippen LogP contribution >= 0.6 is 0 Å². The molecule has 160 valence electrons. The van der Waals surface area contributed by atoms with E-state index < -0.39 is 6.10 Å².